The number of hydrogen-bond acceptors (Lipinski definition) is 4. The van der Waals surface area contributed by atoms with Gasteiger partial charge in [-0.25, -0.2) is 8.42 Å². The molecule has 0 saturated carbocycles. The molecule has 2 heterocycles. The van der Waals surface area contributed by atoms with Crippen molar-refractivity contribution in [2.75, 3.05) is 25.4 Å². The van der Waals surface area contributed by atoms with Crippen LogP contribution >= 0.6 is 0 Å². The monoisotopic (exact) mass is 419 g/mol. The van der Waals surface area contributed by atoms with Crippen LogP contribution in [0.1, 0.15) is 48.3 Å². The molecule has 0 spiro atoms. The molecule has 2 aromatic rings. The lowest BCUT2D eigenvalue weighted by molar-refractivity contribution is -0.0440. The Morgan fingerprint density at radius 3 is 2.69 bits per heavy atom. The van der Waals surface area contributed by atoms with Gasteiger partial charge < -0.3 is 15.0 Å². The second-order valence-electron chi connectivity index (χ2n) is 8.16. The van der Waals surface area contributed by atoms with Crippen LogP contribution in [0, 0.1) is 0 Å². The molecule has 2 atom stereocenters. The summed E-state index contributed by atoms with van der Waals surface area (Å²) in [7, 11) is -3.44. The van der Waals surface area contributed by atoms with Crippen LogP contribution < -0.4 is 5.32 Å². The van der Waals surface area contributed by atoms with Gasteiger partial charge >= 0.3 is 0 Å². The Balaban J connectivity index is 1.43. The van der Waals surface area contributed by atoms with Crippen molar-refractivity contribution in [2.24, 2.45) is 0 Å². The second-order valence-corrected chi connectivity index (χ2v) is 10.3. The maximum absolute atomic E-state index is 12.8. The average Bonchev–Trinajstić information content (AvgIpc) is 3.05. The van der Waals surface area contributed by atoms with Gasteiger partial charge in [0.15, 0.2) is 0 Å². The lowest BCUT2D eigenvalue weighted by Gasteiger charge is -2.34. The Kier molecular flexibility index (Phi) is 5.68. The zero-order valence-corrected chi connectivity index (χ0v) is 17.8. The van der Waals surface area contributed by atoms with Crippen molar-refractivity contribution < 1.29 is 17.9 Å². The number of aromatic nitrogens is 1. The number of H-pyrrole nitrogens is 1. The highest BCUT2D eigenvalue weighted by molar-refractivity contribution is 7.89. The Hall–Kier alpha value is -1.90. The number of morpholine rings is 1. The molecule has 7 nitrogen and oxygen atoms in total. The predicted molar refractivity (Wildman–Crippen MR) is 113 cm³/mol. The van der Waals surface area contributed by atoms with E-state index in [1.165, 1.54) is 22.0 Å². The molecular formula is C21H29N3O4S. The summed E-state index contributed by atoms with van der Waals surface area (Å²) >= 11 is 0. The summed E-state index contributed by atoms with van der Waals surface area (Å²) in [6.07, 6.45) is 4.14. The summed E-state index contributed by atoms with van der Waals surface area (Å²) in [4.78, 5) is 16.2. The smallest absolute Gasteiger partial charge is 0.253 e. The number of carbonyl (C=O) groups excluding carboxylic acids is 1. The summed E-state index contributed by atoms with van der Waals surface area (Å²) in [5.41, 5.74) is 3.97. The molecule has 2 N–H and O–H groups in total. The number of nitrogens with one attached hydrogen (secondary N) is 2. The molecule has 0 unspecified atom stereocenters. The molecule has 4 rings (SSSR count). The number of amides is 1. The number of hydrogen-bond donors (Lipinski definition) is 2. The van der Waals surface area contributed by atoms with Gasteiger partial charge in [0.2, 0.25) is 10.0 Å². The molecule has 1 aliphatic heterocycles. The van der Waals surface area contributed by atoms with Crippen LogP contribution in [0.3, 0.4) is 0 Å². The molecule has 1 aliphatic carbocycles. The van der Waals surface area contributed by atoms with E-state index in [9.17, 15) is 13.2 Å². The highest BCUT2D eigenvalue weighted by Crippen LogP contribution is 2.30. The van der Waals surface area contributed by atoms with E-state index in [0.29, 0.717) is 18.7 Å². The van der Waals surface area contributed by atoms with Gasteiger partial charge in [-0.1, -0.05) is 12.1 Å². The Bertz CT molecular complexity index is 1000. The van der Waals surface area contributed by atoms with Crippen LogP contribution in [-0.2, 0) is 27.6 Å². The SMILES string of the molecule is C[C@H]1CN(S(=O)(=O)CCNC(=O)c2cccc3c4c([nH]c23)CCCC4)C[C@H](C)O1. The van der Waals surface area contributed by atoms with Gasteiger partial charge in [-0.05, 0) is 51.2 Å². The van der Waals surface area contributed by atoms with Gasteiger partial charge in [-0.15, -0.1) is 0 Å². The van der Waals surface area contributed by atoms with Crippen molar-refractivity contribution in [3.8, 4) is 0 Å². The third-order valence-electron chi connectivity index (χ3n) is 5.80. The van der Waals surface area contributed by atoms with Crippen LogP contribution in [0.2, 0.25) is 0 Å². The molecule has 8 heteroatoms. The summed E-state index contributed by atoms with van der Waals surface area (Å²) in [5, 5.41) is 3.90. The number of sulfonamides is 1. The molecule has 0 bridgehead atoms. The standard InChI is InChI=1S/C21H29N3O4S/c1-14-12-24(13-15(2)28-14)29(26,27)11-10-22-21(25)18-8-5-7-17-16-6-3-4-9-19(16)23-20(17)18/h5,7-8,14-15,23H,3-4,6,9-13H2,1-2H3,(H,22,25)/t14-,15-/m0/s1. The van der Waals surface area contributed by atoms with Crippen LogP contribution in [0.5, 0.6) is 0 Å². The topological polar surface area (TPSA) is 91.5 Å². The van der Waals surface area contributed by atoms with Crippen LogP contribution in [0.25, 0.3) is 10.9 Å². The van der Waals surface area contributed by atoms with E-state index in [1.54, 1.807) is 6.07 Å². The van der Waals surface area contributed by atoms with E-state index in [1.807, 2.05) is 19.9 Å². The van der Waals surface area contributed by atoms with Gasteiger partial charge in [0, 0.05) is 30.7 Å². The van der Waals surface area contributed by atoms with Gasteiger partial charge in [0.25, 0.3) is 5.91 Å². The fraction of sp³-hybridized carbons (Fsp3) is 0.571. The van der Waals surface area contributed by atoms with Crippen molar-refractivity contribution in [2.45, 2.75) is 51.7 Å². The molecule has 2 aliphatic rings. The normalized spacial score (nSPS) is 23.1. The number of para-hydroxylation sites is 1. The highest BCUT2D eigenvalue weighted by Gasteiger charge is 2.30. The van der Waals surface area contributed by atoms with Crippen molar-refractivity contribution >= 4 is 26.8 Å². The van der Waals surface area contributed by atoms with Crippen LogP contribution in [-0.4, -0.2) is 61.2 Å². The number of nitrogens with zero attached hydrogens (tertiary/aromatic N) is 1. The van der Waals surface area contributed by atoms with Crippen molar-refractivity contribution in [3.05, 3.63) is 35.0 Å². The Labute approximate surface area is 171 Å². The summed E-state index contributed by atoms with van der Waals surface area (Å²) in [6.45, 7) is 4.53. The quantitative estimate of drug-likeness (QED) is 0.777. The van der Waals surface area contributed by atoms with Gasteiger partial charge in [-0.3, -0.25) is 4.79 Å². The molecule has 1 amide bonds. The summed E-state index contributed by atoms with van der Waals surface area (Å²) in [6, 6.07) is 5.74. The fourth-order valence-corrected chi connectivity index (χ4v) is 5.99. The predicted octanol–water partition coefficient (Wildman–Crippen LogP) is 2.22. The van der Waals surface area contributed by atoms with E-state index < -0.39 is 10.0 Å². The maximum atomic E-state index is 12.8. The maximum Gasteiger partial charge on any atom is 0.253 e. The molecule has 1 saturated heterocycles. The van der Waals surface area contributed by atoms with E-state index in [4.69, 9.17) is 4.74 Å². The largest absolute Gasteiger partial charge is 0.373 e. The van der Waals surface area contributed by atoms with Crippen molar-refractivity contribution in [1.29, 1.82) is 0 Å². The fourth-order valence-electron chi connectivity index (χ4n) is 4.49. The highest BCUT2D eigenvalue weighted by atomic mass is 32.2. The zero-order chi connectivity index (χ0) is 20.6. The summed E-state index contributed by atoms with van der Waals surface area (Å²) < 4.78 is 32.4. The molecule has 158 valence electrons. The molecule has 1 aromatic heterocycles. The van der Waals surface area contributed by atoms with Crippen LogP contribution in [0.15, 0.2) is 18.2 Å². The Morgan fingerprint density at radius 2 is 1.93 bits per heavy atom. The van der Waals surface area contributed by atoms with Crippen molar-refractivity contribution in [1.82, 2.24) is 14.6 Å². The van der Waals surface area contributed by atoms with E-state index in [2.05, 4.69) is 16.4 Å². The first kappa shape index (κ1) is 20.4. The number of rotatable bonds is 5. The van der Waals surface area contributed by atoms with Crippen LogP contribution in [0.4, 0.5) is 0 Å². The number of ether oxygens (including phenoxy) is 1. The first-order valence-corrected chi connectivity index (χ1v) is 12.0. The zero-order valence-electron chi connectivity index (χ0n) is 17.0. The first-order valence-electron chi connectivity index (χ1n) is 10.4. The Morgan fingerprint density at radius 1 is 1.21 bits per heavy atom. The minimum absolute atomic E-state index is 0.0814. The summed E-state index contributed by atoms with van der Waals surface area (Å²) in [5.74, 6) is -0.358. The lowest BCUT2D eigenvalue weighted by Crippen LogP contribution is -2.49. The minimum atomic E-state index is -3.44. The molecule has 1 aromatic carbocycles. The molecule has 0 radical (unpaired) electrons. The van der Waals surface area contributed by atoms with Gasteiger partial charge in [0.05, 0.1) is 29.0 Å². The van der Waals surface area contributed by atoms with E-state index >= 15 is 0 Å². The lowest BCUT2D eigenvalue weighted by atomic mass is 9.95. The molecule has 29 heavy (non-hydrogen) atoms. The molecular weight excluding hydrogens is 390 g/mol. The first-order chi connectivity index (χ1) is 13.8. The number of benzene rings is 1. The van der Waals surface area contributed by atoms with Gasteiger partial charge in [0.1, 0.15) is 0 Å². The minimum Gasteiger partial charge on any atom is -0.373 e. The third kappa shape index (κ3) is 4.20. The number of carbonyl (C=O) groups is 1. The van der Waals surface area contributed by atoms with Crippen molar-refractivity contribution in [3.63, 3.8) is 0 Å². The second kappa shape index (κ2) is 8.08. The number of aromatic amines is 1. The number of fused-ring (bicyclic) bond motifs is 3. The third-order valence-corrected chi connectivity index (χ3v) is 7.61. The van der Waals surface area contributed by atoms with E-state index in [-0.39, 0.29) is 30.4 Å². The number of aryl methyl sites for hydroxylation is 2. The van der Waals surface area contributed by atoms with E-state index in [0.717, 1.165) is 30.2 Å². The van der Waals surface area contributed by atoms with Gasteiger partial charge in [-0.2, -0.15) is 4.31 Å². The average molecular weight is 420 g/mol. The molecule has 1 fully saturated rings.